The first-order valence-corrected chi connectivity index (χ1v) is 6.11. The van der Waals surface area contributed by atoms with Crippen LogP contribution in [0, 0.1) is 0 Å². The van der Waals surface area contributed by atoms with Crippen molar-refractivity contribution in [3.8, 4) is 23.0 Å². The first-order valence-electron chi connectivity index (χ1n) is 6.11. The minimum Gasteiger partial charge on any atom is -0.507 e. The fourth-order valence-electron chi connectivity index (χ4n) is 2.20. The number of ether oxygens (including phenoxy) is 4. The van der Waals surface area contributed by atoms with Crippen molar-refractivity contribution in [1.82, 2.24) is 0 Å². The maximum absolute atomic E-state index is 11.7. The highest BCUT2D eigenvalue weighted by Gasteiger charge is 2.20. The minimum absolute atomic E-state index is 0.123. The molecule has 1 N–H and O–H groups in total. The molecule has 21 heavy (non-hydrogen) atoms. The third kappa shape index (κ3) is 2.40. The Hall–Kier alpha value is -2.63. The fraction of sp³-hybridized carbons (Fsp3) is 0.267. The zero-order valence-corrected chi connectivity index (χ0v) is 12.2. The molecule has 2 aromatic rings. The quantitative estimate of drug-likeness (QED) is 0.872. The summed E-state index contributed by atoms with van der Waals surface area (Å²) in [6.07, 6.45) is 0. The van der Waals surface area contributed by atoms with Gasteiger partial charge in [0.2, 0.25) is 0 Å². The van der Waals surface area contributed by atoms with Crippen molar-refractivity contribution in [2.45, 2.75) is 0 Å². The Balaban J connectivity index is 2.88. The molecule has 0 aliphatic rings. The number of benzene rings is 2. The highest BCUT2D eigenvalue weighted by Crippen LogP contribution is 2.45. The molecule has 0 radical (unpaired) electrons. The van der Waals surface area contributed by atoms with Gasteiger partial charge in [-0.25, -0.2) is 4.79 Å². The molecule has 0 heterocycles. The van der Waals surface area contributed by atoms with Gasteiger partial charge in [0.1, 0.15) is 11.5 Å². The van der Waals surface area contributed by atoms with Crippen LogP contribution < -0.4 is 14.2 Å². The Kier molecular flexibility index (Phi) is 4.07. The summed E-state index contributed by atoms with van der Waals surface area (Å²) in [4.78, 5) is 11.7. The lowest BCUT2D eigenvalue weighted by Gasteiger charge is -2.15. The molecule has 0 aliphatic heterocycles. The number of methoxy groups -OCH3 is 4. The number of hydrogen-bond acceptors (Lipinski definition) is 6. The van der Waals surface area contributed by atoms with E-state index < -0.39 is 5.97 Å². The average molecular weight is 292 g/mol. The SMILES string of the molecule is COC(=O)c1cc(O)c2c(OC)c(OC)cc(OC)c2c1. The molecular formula is C15H16O6. The van der Waals surface area contributed by atoms with Crippen LogP contribution in [0.25, 0.3) is 10.8 Å². The van der Waals surface area contributed by atoms with Gasteiger partial charge in [0.05, 0.1) is 39.4 Å². The molecule has 0 spiro atoms. The number of hydrogen-bond donors (Lipinski definition) is 1. The Morgan fingerprint density at radius 1 is 0.952 bits per heavy atom. The topological polar surface area (TPSA) is 74.2 Å². The first-order chi connectivity index (χ1) is 10.1. The van der Waals surface area contributed by atoms with E-state index in [2.05, 4.69) is 4.74 Å². The summed E-state index contributed by atoms with van der Waals surface area (Å²) in [7, 11) is 5.72. The summed E-state index contributed by atoms with van der Waals surface area (Å²) in [5, 5.41) is 11.2. The fourth-order valence-corrected chi connectivity index (χ4v) is 2.20. The van der Waals surface area contributed by atoms with Crippen LogP contribution in [-0.2, 0) is 4.74 Å². The van der Waals surface area contributed by atoms with Gasteiger partial charge in [0.15, 0.2) is 11.5 Å². The van der Waals surface area contributed by atoms with Crippen LogP contribution in [0.2, 0.25) is 0 Å². The Labute approximate surface area is 121 Å². The molecule has 0 unspecified atom stereocenters. The Bertz CT molecular complexity index is 692. The molecule has 2 rings (SSSR count). The molecule has 0 aromatic heterocycles. The number of phenols is 1. The number of carbonyl (C=O) groups is 1. The van der Waals surface area contributed by atoms with Crippen molar-refractivity contribution in [3.05, 3.63) is 23.8 Å². The van der Waals surface area contributed by atoms with Crippen LogP contribution in [0.4, 0.5) is 0 Å². The second-order valence-electron chi connectivity index (χ2n) is 4.22. The highest BCUT2D eigenvalue weighted by atomic mass is 16.5. The van der Waals surface area contributed by atoms with Gasteiger partial charge in [-0.3, -0.25) is 0 Å². The molecule has 2 aromatic carbocycles. The van der Waals surface area contributed by atoms with E-state index in [0.29, 0.717) is 28.0 Å². The summed E-state index contributed by atoms with van der Waals surface area (Å²) in [6, 6.07) is 4.51. The molecule has 0 saturated heterocycles. The van der Waals surface area contributed by atoms with Gasteiger partial charge in [0, 0.05) is 11.5 Å². The van der Waals surface area contributed by atoms with E-state index in [1.165, 1.54) is 34.5 Å². The number of esters is 1. The number of aromatic hydroxyl groups is 1. The summed E-state index contributed by atoms with van der Waals surface area (Å²) in [5.41, 5.74) is 0.216. The molecule has 0 amide bonds. The van der Waals surface area contributed by atoms with Crippen molar-refractivity contribution in [2.75, 3.05) is 28.4 Å². The van der Waals surface area contributed by atoms with Crippen LogP contribution in [0.5, 0.6) is 23.0 Å². The normalized spacial score (nSPS) is 10.3. The van der Waals surface area contributed by atoms with Crippen LogP contribution in [0.3, 0.4) is 0 Å². The number of fused-ring (bicyclic) bond motifs is 1. The first kappa shape index (κ1) is 14.8. The van der Waals surface area contributed by atoms with Crippen LogP contribution in [-0.4, -0.2) is 39.5 Å². The zero-order chi connectivity index (χ0) is 15.6. The molecule has 0 bridgehead atoms. The van der Waals surface area contributed by atoms with Gasteiger partial charge in [0.25, 0.3) is 0 Å². The summed E-state index contributed by atoms with van der Waals surface area (Å²) in [6.45, 7) is 0. The maximum Gasteiger partial charge on any atom is 0.338 e. The monoisotopic (exact) mass is 292 g/mol. The third-order valence-corrected chi connectivity index (χ3v) is 3.16. The van der Waals surface area contributed by atoms with Gasteiger partial charge >= 0.3 is 5.97 Å². The van der Waals surface area contributed by atoms with Gasteiger partial charge in [-0.2, -0.15) is 0 Å². The number of rotatable bonds is 4. The van der Waals surface area contributed by atoms with Crippen molar-refractivity contribution < 1.29 is 28.8 Å². The summed E-state index contributed by atoms with van der Waals surface area (Å²) < 4.78 is 20.5. The Morgan fingerprint density at radius 2 is 1.62 bits per heavy atom. The predicted molar refractivity (Wildman–Crippen MR) is 76.6 cm³/mol. The van der Waals surface area contributed by atoms with Crippen LogP contribution in [0.1, 0.15) is 10.4 Å². The standard InChI is InChI=1S/C15H16O6/c1-18-11-7-12(19-2)14(20-3)13-9(11)5-8(6-10(13)16)15(17)21-4/h5-7,16H,1-4H3. The van der Waals surface area contributed by atoms with Gasteiger partial charge in [-0.05, 0) is 12.1 Å². The molecule has 6 nitrogen and oxygen atoms in total. The lowest BCUT2D eigenvalue weighted by atomic mass is 10.0. The van der Waals surface area contributed by atoms with E-state index in [1.54, 1.807) is 12.1 Å². The van der Waals surface area contributed by atoms with Crippen LogP contribution in [0.15, 0.2) is 18.2 Å². The molecule has 0 atom stereocenters. The van der Waals surface area contributed by atoms with Crippen molar-refractivity contribution in [3.63, 3.8) is 0 Å². The van der Waals surface area contributed by atoms with E-state index in [9.17, 15) is 9.90 Å². The molecule has 0 saturated carbocycles. The van der Waals surface area contributed by atoms with E-state index >= 15 is 0 Å². The van der Waals surface area contributed by atoms with Gasteiger partial charge < -0.3 is 24.1 Å². The van der Waals surface area contributed by atoms with Gasteiger partial charge in [-0.15, -0.1) is 0 Å². The number of phenolic OH excluding ortho intramolecular Hbond substituents is 1. The Morgan fingerprint density at radius 3 is 2.14 bits per heavy atom. The van der Waals surface area contributed by atoms with E-state index in [1.807, 2.05) is 0 Å². The van der Waals surface area contributed by atoms with Crippen LogP contribution >= 0.6 is 0 Å². The van der Waals surface area contributed by atoms with E-state index in [-0.39, 0.29) is 11.3 Å². The third-order valence-electron chi connectivity index (χ3n) is 3.16. The minimum atomic E-state index is -0.552. The zero-order valence-electron chi connectivity index (χ0n) is 12.2. The van der Waals surface area contributed by atoms with Crippen molar-refractivity contribution in [2.24, 2.45) is 0 Å². The van der Waals surface area contributed by atoms with Crippen molar-refractivity contribution in [1.29, 1.82) is 0 Å². The smallest absolute Gasteiger partial charge is 0.338 e. The van der Waals surface area contributed by atoms with E-state index in [4.69, 9.17) is 14.2 Å². The highest BCUT2D eigenvalue weighted by molar-refractivity contribution is 6.04. The van der Waals surface area contributed by atoms with Gasteiger partial charge in [-0.1, -0.05) is 0 Å². The lowest BCUT2D eigenvalue weighted by molar-refractivity contribution is 0.0600. The molecule has 0 fully saturated rings. The molecule has 112 valence electrons. The summed E-state index contributed by atoms with van der Waals surface area (Å²) in [5.74, 6) is 0.555. The predicted octanol–water partition coefficient (Wildman–Crippen LogP) is 2.36. The lowest BCUT2D eigenvalue weighted by Crippen LogP contribution is -2.02. The average Bonchev–Trinajstić information content (AvgIpc) is 2.52. The largest absolute Gasteiger partial charge is 0.507 e. The molecule has 0 aliphatic carbocycles. The molecule has 6 heteroatoms. The summed E-state index contributed by atoms with van der Waals surface area (Å²) >= 11 is 0. The molecular weight excluding hydrogens is 276 g/mol. The second-order valence-corrected chi connectivity index (χ2v) is 4.22. The number of carbonyl (C=O) groups excluding carboxylic acids is 1. The van der Waals surface area contributed by atoms with E-state index in [0.717, 1.165) is 0 Å². The maximum atomic E-state index is 11.7. The second kappa shape index (κ2) is 5.78. The van der Waals surface area contributed by atoms with Crippen molar-refractivity contribution >= 4 is 16.7 Å².